The number of hydrogen-bond acceptors (Lipinski definition) is 6. The fraction of sp³-hybridized carbons (Fsp3) is 0.409. The first-order valence-electron chi connectivity index (χ1n) is 10.3. The van der Waals surface area contributed by atoms with Crippen molar-refractivity contribution in [2.45, 2.75) is 32.4 Å². The van der Waals surface area contributed by atoms with Crippen molar-refractivity contribution in [2.75, 3.05) is 26.4 Å². The molecule has 0 bridgehead atoms. The van der Waals surface area contributed by atoms with Gasteiger partial charge in [0.1, 0.15) is 5.76 Å². The molecule has 5 rings (SSSR count). The fourth-order valence-electron chi connectivity index (χ4n) is 4.06. The summed E-state index contributed by atoms with van der Waals surface area (Å²) >= 11 is 0. The number of fused-ring (bicyclic) bond motifs is 3. The van der Waals surface area contributed by atoms with E-state index in [-0.39, 0.29) is 12.0 Å². The number of amides is 1. The molecular formula is C22H24N4O4. The van der Waals surface area contributed by atoms with Crippen molar-refractivity contribution in [2.24, 2.45) is 0 Å². The maximum Gasteiger partial charge on any atom is 0.287 e. The van der Waals surface area contributed by atoms with E-state index in [1.807, 2.05) is 29.8 Å². The molecule has 3 aromatic heterocycles. The van der Waals surface area contributed by atoms with Crippen molar-refractivity contribution in [1.29, 1.82) is 0 Å². The zero-order valence-corrected chi connectivity index (χ0v) is 16.9. The third-order valence-corrected chi connectivity index (χ3v) is 5.55. The summed E-state index contributed by atoms with van der Waals surface area (Å²) in [5.74, 6) is 0.944. The Kier molecular flexibility index (Phi) is 5.10. The highest BCUT2D eigenvalue weighted by atomic mass is 16.6. The summed E-state index contributed by atoms with van der Waals surface area (Å²) in [6.45, 7) is 4.57. The van der Waals surface area contributed by atoms with Gasteiger partial charge >= 0.3 is 0 Å². The number of pyridine rings is 1. The van der Waals surface area contributed by atoms with Gasteiger partial charge < -0.3 is 19.2 Å². The van der Waals surface area contributed by atoms with Gasteiger partial charge in [0.15, 0.2) is 5.76 Å². The van der Waals surface area contributed by atoms with Crippen molar-refractivity contribution in [1.82, 2.24) is 20.1 Å². The highest BCUT2D eigenvalue weighted by Gasteiger charge is 2.30. The minimum atomic E-state index is -0.231. The number of carbonyl (C=O) groups excluding carboxylic acids is 1. The molecule has 30 heavy (non-hydrogen) atoms. The predicted octanol–water partition coefficient (Wildman–Crippen LogP) is 2.14. The number of hydrogen-bond donors (Lipinski definition) is 1. The number of carbonyl (C=O) groups is 1. The summed E-state index contributed by atoms with van der Waals surface area (Å²) in [6, 6.07) is 5.86. The van der Waals surface area contributed by atoms with Crippen molar-refractivity contribution in [3.63, 3.8) is 0 Å². The standard InChI is InChI=1S/C22H24N4O4/c1-14-19-18(30-21(14)22(27)24-10-17-13-28-8-9-29-17)6-5-15-11-26(25-20(15)19)12-16-4-2-3-7-23-16/h2-4,7,11,17H,5-6,8-10,12-13H2,1H3,(H,24,27)/t17-/m0/s1. The number of nitrogens with zero attached hydrogens (tertiary/aromatic N) is 3. The van der Waals surface area contributed by atoms with Crippen LogP contribution >= 0.6 is 0 Å². The second-order valence-electron chi connectivity index (χ2n) is 7.65. The molecule has 1 fully saturated rings. The van der Waals surface area contributed by atoms with Crippen LogP contribution in [0.2, 0.25) is 0 Å². The van der Waals surface area contributed by atoms with Crippen molar-refractivity contribution >= 4 is 5.91 Å². The molecule has 0 spiro atoms. The average Bonchev–Trinajstić information content (AvgIpc) is 3.33. The Balaban J connectivity index is 1.36. The lowest BCUT2D eigenvalue weighted by Crippen LogP contribution is -2.39. The van der Waals surface area contributed by atoms with E-state index in [9.17, 15) is 4.79 Å². The summed E-state index contributed by atoms with van der Waals surface area (Å²) in [4.78, 5) is 17.1. The fourth-order valence-corrected chi connectivity index (χ4v) is 4.06. The molecule has 4 heterocycles. The summed E-state index contributed by atoms with van der Waals surface area (Å²) in [6.07, 6.45) is 5.32. The van der Waals surface area contributed by atoms with Crippen LogP contribution < -0.4 is 5.32 Å². The Morgan fingerprint density at radius 1 is 1.30 bits per heavy atom. The Bertz CT molecular complexity index is 1050. The number of aryl methyl sites for hydroxylation is 2. The molecule has 1 atom stereocenters. The molecular weight excluding hydrogens is 384 g/mol. The van der Waals surface area contributed by atoms with Crippen LogP contribution in [0.4, 0.5) is 0 Å². The van der Waals surface area contributed by atoms with Gasteiger partial charge in [-0.15, -0.1) is 0 Å². The topological polar surface area (TPSA) is 91.4 Å². The van der Waals surface area contributed by atoms with Crippen LogP contribution in [0.3, 0.4) is 0 Å². The minimum Gasteiger partial charge on any atom is -0.455 e. The van der Waals surface area contributed by atoms with Crippen LogP contribution in [0.1, 0.15) is 33.1 Å². The smallest absolute Gasteiger partial charge is 0.287 e. The highest BCUT2D eigenvalue weighted by molar-refractivity contribution is 5.95. The zero-order valence-electron chi connectivity index (χ0n) is 16.9. The molecule has 2 aliphatic rings. The third kappa shape index (κ3) is 3.64. The first-order valence-corrected chi connectivity index (χ1v) is 10.3. The monoisotopic (exact) mass is 408 g/mol. The van der Waals surface area contributed by atoms with Crippen molar-refractivity contribution in [3.05, 3.63) is 58.9 Å². The van der Waals surface area contributed by atoms with Crippen LogP contribution in [0.5, 0.6) is 0 Å². The number of rotatable bonds is 5. The first kappa shape index (κ1) is 19.0. The number of nitrogens with one attached hydrogen (secondary N) is 1. The quantitative estimate of drug-likeness (QED) is 0.696. The van der Waals surface area contributed by atoms with Crippen LogP contribution in [-0.2, 0) is 28.9 Å². The van der Waals surface area contributed by atoms with Crippen LogP contribution in [0, 0.1) is 6.92 Å². The molecule has 156 valence electrons. The van der Waals surface area contributed by atoms with E-state index in [0.29, 0.717) is 38.7 Å². The lowest BCUT2D eigenvalue weighted by atomic mass is 9.93. The second-order valence-corrected chi connectivity index (χ2v) is 7.65. The van der Waals surface area contributed by atoms with E-state index in [4.69, 9.17) is 19.0 Å². The Morgan fingerprint density at radius 3 is 3.03 bits per heavy atom. The predicted molar refractivity (Wildman–Crippen MR) is 108 cm³/mol. The molecule has 0 unspecified atom stereocenters. The van der Waals surface area contributed by atoms with Gasteiger partial charge in [0, 0.05) is 36.5 Å². The normalized spacial score (nSPS) is 18.0. The van der Waals surface area contributed by atoms with Gasteiger partial charge in [-0.25, -0.2) is 0 Å². The van der Waals surface area contributed by atoms with Crippen LogP contribution in [0.25, 0.3) is 11.3 Å². The SMILES string of the molecule is Cc1c(C(=O)NC[C@H]2COCCO2)oc2c1-c1nn(Cc3ccccn3)cc1CC2. The van der Waals surface area contributed by atoms with Gasteiger partial charge in [0.2, 0.25) is 0 Å². The van der Waals surface area contributed by atoms with E-state index in [1.54, 1.807) is 6.20 Å². The van der Waals surface area contributed by atoms with E-state index < -0.39 is 0 Å². The number of ether oxygens (including phenoxy) is 2. The van der Waals surface area contributed by atoms with Gasteiger partial charge in [0.25, 0.3) is 5.91 Å². The van der Waals surface area contributed by atoms with Crippen LogP contribution in [0.15, 0.2) is 35.0 Å². The summed E-state index contributed by atoms with van der Waals surface area (Å²) < 4.78 is 18.9. The molecule has 3 aromatic rings. The molecule has 0 saturated carbocycles. The van der Waals surface area contributed by atoms with Crippen LogP contribution in [-0.4, -0.2) is 53.1 Å². The molecule has 1 aliphatic heterocycles. The van der Waals surface area contributed by atoms with Gasteiger partial charge in [0.05, 0.1) is 43.9 Å². The Morgan fingerprint density at radius 2 is 2.23 bits per heavy atom. The largest absolute Gasteiger partial charge is 0.455 e. The van der Waals surface area contributed by atoms with Gasteiger partial charge in [-0.3, -0.25) is 14.5 Å². The van der Waals surface area contributed by atoms with Crippen molar-refractivity contribution in [3.8, 4) is 11.3 Å². The highest BCUT2D eigenvalue weighted by Crippen LogP contribution is 2.38. The van der Waals surface area contributed by atoms with E-state index >= 15 is 0 Å². The molecule has 1 amide bonds. The maximum atomic E-state index is 12.7. The third-order valence-electron chi connectivity index (χ3n) is 5.55. The minimum absolute atomic E-state index is 0.124. The van der Waals surface area contributed by atoms with E-state index in [1.165, 1.54) is 5.56 Å². The maximum absolute atomic E-state index is 12.7. The summed E-state index contributed by atoms with van der Waals surface area (Å²) in [5, 5.41) is 7.70. The molecule has 0 aromatic carbocycles. The molecule has 1 aliphatic carbocycles. The van der Waals surface area contributed by atoms with E-state index in [2.05, 4.69) is 16.5 Å². The first-order chi connectivity index (χ1) is 14.7. The number of furan rings is 1. The van der Waals surface area contributed by atoms with Crippen molar-refractivity contribution < 1.29 is 18.7 Å². The second kappa shape index (κ2) is 8.04. The lowest BCUT2D eigenvalue weighted by Gasteiger charge is -2.22. The van der Waals surface area contributed by atoms with Gasteiger partial charge in [-0.2, -0.15) is 5.10 Å². The number of aromatic nitrogens is 3. The lowest BCUT2D eigenvalue weighted by molar-refractivity contribution is -0.0856. The zero-order chi connectivity index (χ0) is 20.5. The summed E-state index contributed by atoms with van der Waals surface area (Å²) in [5.41, 5.74) is 4.79. The molecule has 8 heteroatoms. The Labute approximate surface area is 174 Å². The Hall–Kier alpha value is -2.97. The van der Waals surface area contributed by atoms with E-state index in [0.717, 1.165) is 41.1 Å². The molecule has 0 radical (unpaired) electrons. The summed E-state index contributed by atoms with van der Waals surface area (Å²) in [7, 11) is 0. The molecule has 1 saturated heterocycles. The molecule has 1 N–H and O–H groups in total. The molecule has 8 nitrogen and oxygen atoms in total. The van der Waals surface area contributed by atoms with Gasteiger partial charge in [-0.1, -0.05) is 6.07 Å². The average molecular weight is 408 g/mol. The van der Waals surface area contributed by atoms with Gasteiger partial charge in [-0.05, 0) is 31.0 Å².